The molecule has 10 heteroatoms. The molecule has 0 atom stereocenters. The first-order valence-electron chi connectivity index (χ1n) is 6.98. The number of ether oxygens (including phenoxy) is 1. The van der Waals surface area contributed by atoms with E-state index in [-0.39, 0.29) is 11.1 Å². The molecule has 26 heavy (non-hydrogen) atoms. The van der Waals surface area contributed by atoms with Gasteiger partial charge in [0.05, 0.1) is 7.11 Å². The first kappa shape index (κ1) is 20.2. The monoisotopic (exact) mass is 392 g/mol. The van der Waals surface area contributed by atoms with Crippen LogP contribution in [-0.2, 0) is 23.8 Å². The summed E-state index contributed by atoms with van der Waals surface area (Å²) >= 11 is -0.626. The van der Waals surface area contributed by atoms with Gasteiger partial charge >= 0.3 is 11.2 Å². The summed E-state index contributed by atoms with van der Waals surface area (Å²) in [5.74, 6) is -3.08. The SMILES string of the molecule is COOOSC(F)(F)C(=O)OC(c1ccc(F)cc1)c1ccc(F)cc1. The Labute approximate surface area is 149 Å². The van der Waals surface area contributed by atoms with Crippen molar-refractivity contribution in [2.45, 2.75) is 11.4 Å². The van der Waals surface area contributed by atoms with Gasteiger partial charge in [-0.2, -0.15) is 8.78 Å². The lowest BCUT2D eigenvalue weighted by Gasteiger charge is -2.21. The second kappa shape index (κ2) is 8.99. The molecule has 0 saturated heterocycles. The molecule has 140 valence electrons. The van der Waals surface area contributed by atoms with Gasteiger partial charge in [0, 0.05) is 0 Å². The molecule has 0 amide bonds. The second-order valence-corrected chi connectivity index (χ2v) is 5.61. The van der Waals surface area contributed by atoms with Crippen molar-refractivity contribution < 1.29 is 41.4 Å². The Bertz CT molecular complexity index is 679. The average molecular weight is 392 g/mol. The number of carbonyl (C=O) groups excluding carboxylic acids is 1. The zero-order valence-corrected chi connectivity index (χ0v) is 14.0. The van der Waals surface area contributed by atoms with E-state index in [9.17, 15) is 22.4 Å². The molecule has 2 aromatic rings. The zero-order valence-electron chi connectivity index (χ0n) is 13.2. The Morgan fingerprint density at radius 2 is 1.42 bits per heavy atom. The Hall–Kier alpha value is -2.14. The maximum atomic E-state index is 13.8. The van der Waals surface area contributed by atoms with Crippen LogP contribution in [-0.4, -0.2) is 18.3 Å². The quantitative estimate of drug-likeness (QED) is 0.166. The predicted octanol–water partition coefficient (Wildman–Crippen LogP) is 4.35. The summed E-state index contributed by atoms with van der Waals surface area (Å²) in [5, 5.41) is -0.316. The number of benzene rings is 2. The van der Waals surface area contributed by atoms with Gasteiger partial charge in [0.2, 0.25) is 0 Å². The van der Waals surface area contributed by atoms with E-state index in [4.69, 9.17) is 4.74 Å². The van der Waals surface area contributed by atoms with E-state index in [1.807, 2.05) is 0 Å². The molecule has 0 radical (unpaired) electrons. The van der Waals surface area contributed by atoms with Crippen LogP contribution < -0.4 is 0 Å². The minimum absolute atomic E-state index is 0.209. The summed E-state index contributed by atoms with van der Waals surface area (Å²) in [7, 11) is 1.01. The van der Waals surface area contributed by atoms with Crippen molar-refractivity contribution in [2.24, 2.45) is 0 Å². The number of esters is 1. The van der Waals surface area contributed by atoms with Gasteiger partial charge in [-0.3, -0.25) is 0 Å². The van der Waals surface area contributed by atoms with Gasteiger partial charge in [-0.05, 0) is 35.4 Å². The van der Waals surface area contributed by atoms with Crippen LogP contribution in [0.3, 0.4) is 0 Å². The smallest absolute Gasteiger partial charge is 0.415 e. The summed E-state index contributed by atoms with van der Waals surface area (Å²) in [6.45, 7) is 0. The highest BCUT2D eigenvalue weighted by molar-refractivity contribution is 7.96. The predicted molar refractivity (Wildman–Crippen MR) is 82.5 cm³/mol. The third-order valence-electron chi connectivity index (χ3n) is 3.04. The van der Waals surface area contributed by atoms with Crippen molar-refractivity contribution in [3.05, 3.63) is 71.3 Å². The number of hydrogen-bond acceptors (Lipinski definition) is 6. The largest absolute Gasteiger partial charge is 0.447 e. The third-order valence-corrected chi connectivity index (χ3v) is 3.54. The molecule has 0 spiro atoms. The zero-order chi connectivity index (χ0) is 19.2. The molecule has 5 nitrogen and oxygen atoms in total. The lowest BCUT2D eigenvalue weighted by molar-refractivity contribution is -0.448. The molecule has 0 aromatic heterocycles. The maximum Gasteiger partial charge on any atom is 0.415 e. The van der Waals surface area contributed by atoms with Crippen LogP contribution in [0.25, 0.3) is 0 Å². The van der Waals surface area contributed by atoms with Gasteiger partial charge in [-0.25, -0.2) is 18.5 Å². The lowest BCUT2D eigenvalue weighted by atomic mass is 10.0. The summed E-state index contributed by atoms with van der Waals surface area (Å²) < 4.78 is 62.6. The van der Waals surface area contributed by atoms with Crippen molar-refractivity contribution in [2.75, 3.05) is 7.11 Å². The Morgan fingerprint density at radius 1 is 0.962 bits per heavy atom. The highest BCUT2D eigenvalue weighted by Gasteiger charge is 2.45. The Balaban J connectivity index is 2.25. The highest BCUT2D eigenvalue weighted by atomic mass is 32.2. The van der Waals surface area contributed by atoms with Crippen LogP contribution >= 0.6 is 12.0 Å². The summed E-state index contributed by atoms with van der Waals surface area (Å²) in [6, 6.07) is 9.31. The molecule has 0 heterocycles. The number of carbonyl (C=O) groups is 1. The molecular formula is C16H12F4O5S. The van der Waals surface area contributed by atoms with E-state index in [1.165, 1.54) is 24.3 Å². The molecule has 0 unspecified atom stereocenters. The molecule has 0 bridgehead atoms. The van der Waals surface area contributed by atoms with Crippen LogP contribution in [0.4, 0.5) is 17.6 Å². The number of rotatable bonds is 8. The molecule has 2 aromatic carbocycles. The van der Waals surface area contributed by atoms with Crippen molar-refractivity contribution in [3.8, 4) is 0 Å². The van der Waals surface area contributed by atoms with Crippen LogP contribution in [0.2, 0.25) is 0 Å². The molecular weight excluding hydrogens is 380 g/mol. The van der Waals surface area contributed by atoms with Gasteiger partial charge in [-0.1, -0.05) is 29.3 Å². The van der Waals surface area contributed by atoms with Gasteiger partial charge in [0.25, 0.3) is 0 Å². The lowest BCUT2D eigenvalue weighted by Crippen LogP contribution is -2.29. The van der Waals surface area contributed by atoms with E-state index >= 15 is 0 Å². The van der Waals surface area contributed by atoms with Crippen LogP contribution in [0.15, 0.2) is 48.5 Å². The summed E-state index contributed by atoms with van der Waals surface area (Å²) in [6.07, 6.45) is -1.32. The standard InChI is InChI=1S/C16H12F4O5S/c1-22-24-25-26-16(19,20)15(21)23-14(10-2-6-12(17)7-3-10)11-4-8-13(18)9-5-11/h2-9,14H,1H3. The molecule has 0 aliphatic rings. The summed E-state index contributed by atoms with van der Waals surface area (Å²) in [5.41, 5.74) is 0.419. The number of alkyl halides is 2. The van der Waals surface area contributed by atoms with Crippen molar-refractivity contribution in [1.29, 1.82) is 0 Å². The van der Waals surface area contributed by atoms with Crippen LogP contribution in [0.5, 0.6) is 0 Å². The van der Waals surface area contributed by atoms with Gasteiger partial charge < -0.3 is 4.74 Å². The van der Waals surface area contributed by atoms with Crippen molar-refractivity contribution in [3.63, 3.8) is 0 Å². The van der Waals surface area contributed by atoms with E-state index in [1.54, 1.807) is 0 Å². The molecule has 0 aliphatic carbocycles. The maximum absolute atomic E-state index is 13.8. The van der Waals surface area contributed by atoms with Crippen molar-refractivity contribution >= 4 is 18.0 Å². The third kappa shape index (κ3) is 5.43. The molecule has 0 N–H and O–H groups in total. The van der Waals surface area contributed by atoms with Crippen molar-refractivity contribution in [1.82, 2.24) is 0 Å². The highest BCUT2D eigenvalue weighted by Crippen LogP contribution is 2.35. The van der Waals surface area contributed by atoms with Crippen LogP contribution in [0.1, 0.15) is 17.2 Å². The van der Waals surface area contributed by atoms with Crippen LogP contribution in [0, 0.1) is 11.6 Å². The second-order valence-electron chi connectivity index (χ2n) is 4.79. The minimum Gasteiger partial charge on any atom is -0.447 e. The summed E-state index contributed by atoms with van der Waals surface area (Å²) in [4.78, 5) is 15.8. The Morgan fingerprint density at radius 3 is 1.85 bits per heavy atom. The molecule has 0 fully saturated rings. The van der Waals surface area contributed by atoms with Gasteiger partial charge in [0.1, 0.15) is 23.7 Å². The number of halogens is 4. The van der Waals surface area contributed by atoms with E-state index in [2.05, 4.69) is 14.3 Å². The average Bonchev–Trinajstić information content (AvgIpc) is 2.61. The number of hydrogen-bond donors (Lipinski definition) is 0. The minimum atomic E-state index is -4.13. The topological polar surface area (TPSA) is 54.0 Å². The molecule has 0 saturated carbocycles. The molecule has 0 aliphatic heterocycles. The van der Waals surface area contributed by atoms with E-state index < -0.39 is 41.0 Å². The first-order chi connectivity index (χ1) is 12.3. The Kier molecular flexibility index (Phi) is 6.98. The van der Waals surface area contributed by atoms with E-state index in [0.717, 1.165) is 31.4 Å². The van der Waals surface area contributed by atoms with Gasteiger partial charge in [0.15, 0.2) is 6.10 Å². The first-order valence-corrected chi connectivity index (χ1v) is 7.72. The fourth-order valence-electron chi connectivity index (χ4n) is 1.90. The molecule has 2 rings (SSSR count). The van der Waals surface area contributed by atoms with E-state index in [0.29, 0.717) is 0 Å². The fourth-order valence-corrected chi connectivity index (χ4v) is 2.18. The van der Waals surface area contributed by atoms with Gasteiger partial charge in [-0.15, -0.1) is 4.33 Å². The normalized spacial score (nSPS) is 11.6. The fraction of sp³-hybridized carbons (Fsp3) is 0.188.